The Morgan fingerprint density at radius 1 is 1.60 bits per heavy atom. The van der Waals surface area contributed by atoms with Gasteiger partial charge in [-0.1, -0.05) is 31.9 Å². The van der Waals surface area contributed by atoms with Crippen LogP contribution in [0.1, 0.15) is 13.3 Å². The molecule has 0 rings (SSSR count). The Balaban J connectivity index is 3.49. The number of alkyl halides is 2. The predicted octanol–water partition coefficient (Wildman–Crippen LogP) is 2.10. The van der Waals surface area contributed by atoms with E-state index >= 15 is 0 Å². The third kappa shape index (κ3) is 5.23. The molecule has 0 spiro atoms. The predicted molar refractivity (Wildman–Crippen MR) is 47.8 cm³/mol. The molecule has 0 aromatic heterocycles. The minimum Gasteiger partial charge on any atom is -0.462 e. The zero-order chi connectivity index (χ0) is 7.98. The van der Waals surface area contributed by atoms with Gasteiger partial charge in [-0.15, -0.1) is 0 Å². The minimum atomic E-state index is -0.217. The van der Waals surface area contributed by atoms with Crippen LogP contribution >= 0.6 is 31.9 Å². The molecule has 0 amide bonds. The molecule has 0 fully saturated rings. The van der Waals surface area contributed by atoms with Gasteiger partial charge in [0.05, 0.1) is 0 Å². The van der Waals surface area contributed by atoms with Crippen LogP contribution in [0.15, 0.2) is 0 Å². The Morgan fingerprint density at radius 3 is 2.50 bits per heavy atom. The van der Waals surface area contributed by atoms with Crippen molar-refractivity contribution in [3.05, 3.63) is 0 Å². The summed E-state index contributed by atoms with van der Waals surface area (Å²) in [6, 6.07) is 0. The van der Waals surface area contributed by atoms with Gasteiger partial charge in [0.15, 0.2) is 0 Å². The molecular weight excluding hydrogens is 264 g/mol. The van der Waals surface area contributed by atoms with E-state index in [-0.39, 0.29) is 12.1 Å². The van der Waals surface area contributed by atoms with Crippen molar-refractivity contribution in [3.8, 4) is 0 Å². The standard InChI is InChI=1S/C6H10Br2O2/c1-5(9)10-6(4-8)2-3-7/h6H,2-4H2,1H3/t6-/m1/s1. The topological polar surface area (TPSA) is 26.3 Å². The molecule has 0 radical (unpaired) electrons. The summed E-state index contributed by atoms with van der Waals surface area (Å²) in [6.07, 6.45) is 0.863. The zero-order valence-corrected chi connectivity index (χ0v) is 8.94. The Bertz CT molecular complexity index is 106. The second-order valence-corrected chi connectivity index (χ2v) is 3.30. The zero-order valence-electron chi connectivity index (χ0n) is 5.77. The van der Waals surface area contributed by atoms with E-state index in [4.69, 9.17) is 4.74 Å². The van der Waals surface area contributed by atoms with Gasteiger partial charge in [-0.05, 0) is 6.42 Å². The average molecular weight is 274 g/mol. The summed E-state index contributed by atoms with van der Waals surface area (Å²) in [7, 11) is 0. The van der Waals surface area contributed by atoms with Crippen LogP contribution in [0.25, 0.3) is 0 Å². The molecule has 1 atom stereocenters. The second-order valence-electron chi connectivity index (χ2n) is 1.86. The van der Waals surface area contributed by atoms with Crippen LogP contribution in [-0.4, -0.2) is 22.7 Å². The fourth-order valence-corrected chi connectivity index (χ4v) is 1.49. The molecule has 0 unspecified atom stereocenters. The Labute approximate surface area is 77.6 Å². The minimum absolute atomic E-state index is 0.0110. The fraction of sp³-hybridized carbons (Fsp3) is 0.833. The largest absolute Gasteiger partial charge is 0.462 e. The molecule has 0 saturated heterocycles. The van der Waals surface area contributed by atoms with E-state index in [1.54, 1.807) is 0 Å². The van der Waals surface area contributed by atoms with Crippen molar-refractivity contribution < 1.29 is 9.53 Å². The van der Waals surface area contributed by atoms with Crippen molar-refractivity contribution in [1.82, 2.24) is 0 Å². The first-order chi connectivity index (χ1) is 4.70. The van der Waals surface area contributed by atoms with Crippen molar-refractivity contribution in [1.29, 1.82) is 0 Å². The molecule has 4 heteroatoms. The molecule has 0 saturated carbocycles. The summed E-state index contributed by atoms with van der Waals surface area (Å²) >= 11 is 6.52. The van der Waals surface area contributed by atoms with E-state index in [2.05, 4.69) is 31.9 Å². The molecule has 0 aliphatic heterocycles. The van der Waals surface area contributed by atoms with Crippen LogP contribution in [-0.2, 0) is 9.53 Å². The summed E-state index contributed by atoms with van der Waals surface area (Å²) in [4.78, 5) is 10.4. The molecule has 0 aromatic carbocycles. The first-order valence-corrected chi connectivity index (χ1v) is 5.24. The Hall–Kier alpha value is 0.430. The summed E-state index contributed by atoms with van der Waals surface area (Å²) in [5.41, 5.74) is 0. The molecule has 0 aromatic rings. The van der Waals surface area contributed by atoms with E-state index in [0.717, 1.165) is 11.8 Å². The highest BCUT2D eigenvalue weighted by molar-refractivity contribution is 9.09. The first-order valence-electron chi connectivity index (χ1n) is 2.99. The highest BCUT2D eigenvalue weighted by atomic mass is 79.9. The number of carbonyl (C=O) groups is 1. The van der Waals surface area contributed by atoms with Crippen molar-refractivity contribution in [2.45, 2.75) is 19.4 Å². The van der Waals surface area contributed by atoms with Crippen molar-refractivity contribution in [3.63, 3.8) is 0 Å². The monoisotopic (exact) mass is 272 g/mol. The normalized spacial score (nSPS) is 12.7. The van der Waals surface area contributed by atoms with Gasteiger partial charge in [-0.25, -0.2) is 0 Å². The maximum absolute atomic E-state index is 10.4. The van der Waals surface area contributed by atoms with Crippen molar-refractivity contribution >= 4 is 37.8 Å². The van der Waals surface area contributed by atoms with Gasteiger partial charge in [0, 0.05) is 17.6 Å². The molecule has 60 valence electrons. The van der Waals surface area contributed by atoms with Gasteiger partial charge in [0.1, 0.15) is 6.10 Å². The van der Waals surface area contributed by atoms with Gasteiger partial charge in [0.25, 0.3) is 0 Å². The number of carbonyl (C=O) groups excluding carboxylic acids is 1. The molecule has 0 bridgehead atoms. The molecule has 0 aliphatic carbocycles. The Kier molecular flexibility index (Phi) is 6.43. The molecule has 0 N–H and O–H groups in total. The average Bonchev–Trinajstić information content (AvgIpc) is 1.86. The van der Waals surface area contributed by atoms with E-state index in [0.29, 0.717) is 5.33 Å². The van der Waals surface area contributed by atoms with Gasteiger partial charge in [-0.2, -0.15) is 0 Å². The van der Waals surface area contributed by atoms with Gasteiger partial charge >= 0.3 is 5.97 Å². The number of halogens is 2. The van der Waals surface area contributed by atoms with Crippen molar-refractivity contribution in [2.24, 2.45) is 0 Å². The second kappa shape index (κ2) is 6.16. The highest BCUT2D eigenvalue weighted by Crippen LogP contribution is 2.04. The SMILES string of the molecule is CC(=O)O[C@@H](CBr)CCBr. The molecule has 10 heavy (non-hydrogen) atoms. The van der Waals surface area contributed by atoms with Gasteiger partial charge < -0.3 is 4.74 Å². The molecule has 0 aliphatic rings. The number of hydrogen-bond donors (Lipinski definition) is 0. The molecule has 0 heterocycles. The lowest BCUT2D eigenvalue weighted by Crippen LogP contribution is -2.17. The van der Waals surface area contributed by atoms with Crippen LogP contribution in [0, 0.1) is 0 Å². The smallest absolute Gasteiger partial charge is 0.302 e. The van der Waals surface area contributed by atoms with Crippen LogP contribution < -0.4 is 0 Å². The summed E-state index contributed by atoms with van der Waals surface area (Å²) in [6.45, 7) is 1.42. The quantitative estimate of drug-likeness (QED) is 0.579. The fourth-order valence-electron chi connectivity index (χ4n) is 0.524. The summed E-state index contributed by atoms with van der Waals surface area (Å²) in [5.74, 6) is -0.217. The number of rotatable bonds is 4. The van der Waals surface area contributed by atoms with Gasteiger partial charge in [0.2, 0.25) is 0 Å². The lowest BCUT2D eigenvalue weighted by molar-refractivity contribution is -0.145. The third-order valence-corrected chi connectivity index (χ3v) is 2.12. The maximum atomic E-state index is 10.4. The number of hydrogen-bond acceptors (Lipinski definition) is 2. The lowest BCUT2D eigenvalue weighted by Gasteiger charge is -2.11. The Morgan fingerprint density at radius 2 is 2.20 bits per heavy atom. The molecular formula is C6H10Br2O2. The first kappa shape index (κ1) is 10.4. The third-order valence-electron chi connectivity index (χ3n) is 0.936. The van der Waals surface area contributed by atoms with Crippen LogP contribution in [0.4, 0.5) is 0 Å². The number of ether oxygens (including phenoxy) is 1. The van der Waals surface area contributed by atoms with E-state index in [9.17, 15) is 4.79 Å². The van der Waals surface area contributed by atoms with Crippen molar-refractivity contribution in [2.75, 3.05) is 10.7 Å². The lowest BCUT2D eigenvalue weighted by atomic mass is 10.3. The van der Waals surface area contributed by atoms with Crippen LogP contribution in [0.5, 0.6) is 0 Å². The van der Waals surface area contributed by atoms with E-state index in [1.165, 1.54) is 6.92 Å². The number of esters is 1. The highest BCUT2D eigenvalue weighted by Gasteiger charge is 2.07. The van der Waals surface area contributed by atoms with E-state index in [1.807, 2.05) is 0 Å². The molecule has 2 nitrogen and oxygen atoms in total. The van der Waals surface area contributed by atoms with E-state index < -0.39 is 0 Å². The summed E-state index contributed by atoms with van der Waals surface area (Å²) < 4.78 is 4.92. The van der Waals surface area contributed by atoms with Gasteiger partial charge in [-0.3, -0.25) is 4.79 Å². The summed E-state index contributed by atoms with van der Waals surface area (Å²) in [5, 5.41) is 1.56. The maximum Gasteiger partial charge on any atom is 0.302 e. The van der Waals surface area contributed by atoms with Crippen LogP contribution in [0.2, 0.25) is 0 Å². The van der Waals surface area contributed by atoms with Crippen LogP contribution in [0.3, 0.4) is 0 Å².